The van der Waals surface area contributed by atoms with Gasteiger partial charge in [0.05, 0.1) is 11.8 Å². The monoisotopic (exact) mass is 461 g/mol. The van der Waals surface area contributed by atoms with Crippen LogP contribution in [-0.4, -0.2) is 24.0 Å². The minimum absolute atomic E-state index is 0.0230. The van der Waals surface area contributed by atoms with E-state index >= 15 is 0 Å². The summed E-state index contributed by atoms with van der Waals surface area (Å²) in [5.41, 5.74) is 1.70. The molecule has 0 unspecified atom stereocenters. The smallest absolute Gasteiger partial charge is 0.416 e. The number of rotatable bonds is 5. The molecule has 1 aromatic heterocycles. The Morgan fingerprint density at radius 2 is 1.62 bits per heavy atom. The molecule has 0 fully saturated rings. The third-order valence-corrected chi connectivity index (χ3v) is 4.72. The van der Waals surface area contributed by atoms with Gasteiger partial charge in [-0.05, 0) is 65.5 Å². The highest BCUT2D eigenvalue weighted by Gasteiger charge is 2.30. The Balaban J connectivity index is 1.49. The lowest BCUT2D eigenvalue weighted by atomic mass is 10.2. The number of nitrogens with one attached hydrogen (secondary N) is 2. The number of hydrazone groups is 1. The first-order valence-corrected chi connectivity index (χ1v) is 9.78. The van der Waals surface area contributed by atoms with E-state index in [0.29, 0.717) is 16.2 Å². The van der Waals surface area contributed by atoms with Crippen LogP contribution >= 0.6 is 11.3 Å². The van der Waals surface area contributed by atoms with Crippen LogP contribution in [0.4, 0.5) is 18.9 Å². The highest BCUT2D eigenvalue weighted by atomic mass is 32.1. The van der Waals surface area contributed by atoms with E-state index in [9.17, 15) is 27.6 Å². The molecule has 1 heterocycles. The van der Waals surface area contributed by atoms with E-state index in [2.05, 4.69) is 10.4 Å². The Bertz CT molecular complexity index is 1130. The number of carbonyl (C=O) groups is 3. The van der Waals surface area contributed by atoms with Crippen molar-refractivity contribution in [1.82, 2.24) is 5.43 Å². The number of anilines is 1. The number of thiophene rings is 1. The summed E-state index contributed by atoms with van der Waals surface area (Å²) < 4.78 is 42.8. The molecule has 2 N–H and O–H groups in total. The standard InChI is InChI=1S/C21H14F3N3O4S/c22-21(23,24)14-5-7-15(8-6-14)26-18(28)19(29)27-25-12-13-3-9-16(10-4-13)31-20(30)17-2-1-11-32-17/h1-12H,(H,26,28)(H,27,29)/b25-12+. The predicted octanol–water partition coefficient (Wildman–Crippen LogP) is 4.07. The molecule has 0 radical (unpaired) electrons. The molecule has 0 bridgehead atoms. The lowest BCUT2D eigenvalue weighted by Gasteiger charge is -2.08. The van der Waals surface area contributed by atoms with Crippen LogP contribution in [0.1, 0.15) is 20.8 Å². The predicted molar refractivity (Wildman–Crippen MR) is 112 cm³/mol. The fourth-order valence-electron chi connectivity index (χ4n) is 2.32. The molecular weight excluding hydrogens is 447 g/mol. The molecule has 0 saturated heterocycles. The number of nitrogens with zero attached hydrogens (tertiary/aromatic N) is 1. The molecule has 164 valence electrons. The lowest BCUT2D eigenvalue weighted by molar-refractivity contribution is -0.137. The molecule has 0 saturated carbocycles. The minimum Gasteiger partial charge on any atom is -0.422 e. The number of ether oxygens (including phenoxy) is 1. The van der Waals surface area contributed by atoms with Crippen LogP contribution < -0.4 is 15.5 Å². The zero-order valence-electron chi connectivity index (χ0n) is 16.1. The van der Waals surface area contributed by atoms with Crippen LogP contribution in [0.25, 0.3) is 0 Å². The number of alkyl halides is 3. The third-order valence-electron chi connectivity index (χ3n) is 3.87. The van der Waals surface area contributed by atoms with Crippen LogP contribution in [0.15, 0.2) is 71.1 Å². The van der Waals surface area contributed by atoms with Crippen molar-refractivity contribution in [2.24, 2.45) is 5.10 Å². The molecule has 0 aliphatic rings. The maximum Gasteiger partial charge on any atom is 0.416 e. The second kappa shape index (κ2) is 9.88. The number of hydrogen-bond donors (Lipinski definition) is 2. The van der Waals surface area contributed by atoms with Gasteiger partial charge in [-0.25, -0.2) is 10.2 Å². The summed E-state index contributed by atoms with van der Waals surface area (Å²) >= 11 is 1.26. The van der Waals surface area contributed by atoms with E-state index in [-0.39, 0.29) is 5.69 Å². The van der Waals surface area contributed by atoms with E-state index in [1.165, 1.54) is 29.7 Å². The van der Waals surface area contributed by atoms with Gasteiger partial charge in [-0.2, -0.15) is 18.3 Å². The van der Waals surface area contributed by atoms with Crippen LogP contribution in [0.3, 0.4) is 0 Å². The maximum atomic E-state index is 12.5. The van der Waals surface area contributed by atoms with Gasteiger partial charge in [0.1, 0.15) is 10.6 Å². The van der Waals surface area contributed by atoms with E-state index in [1.54, 1.807) is 29.6 Å². The van der Waals surface area contributed by atoms with Crippen molar-refractivity contribution < 1.29 is 32.3 Å². The van der Waals surface area contributed by atoms with Crippen molar-refractivity contribution in [2.45, 2.75) is 6.18 Å². The number of esters is 1. The second-order valence-corrected chi connectivity index (χ2v) is 7.11. The van der Waals surface area contributed by atoms with Gasteiger partial charge >= 0.3 is 24.0 Å². The van der Waals surface area contributed by atoms with E-state index < -0.39 is 29.5 Å². The fourth-order valence-corrected chi connectivity index (χ4v) is 2.92. The molecule has 3 rings (SSSR count). The molecule has 0 atom stereocenters. The molecule has 3 aromatic rings. The summed E-state index contributed by atoms with van der Waals surface area (Å²) in [5, 5.41) is 7.57. The Morgan fingerprint density at radius 3 is 2.22 bits per heavy atom. The van der Waals surface area contributed by atoms with Gasteiger partial charge < -0.3 is 10.1 Å². The number of hydrogen-bond acceptors (Lipinski definition) is 6. The quantitative estimate of drug-likeness (QED) is 0.197. The van der Waals surface area contributed by atoms with Gasteiger partial charge in [0, 0.05) is 5.69 Å². The van der Waals surface area contributed by atoms with Gasteiger partial charge in [-0.3, -0.25) is 9.59 Å². The molecule has 7 nitrogen and oxygen atoms in total. The first-order chi connectivity index (χ1) is 15.2. The number of benzene rings is 2. The summed E-state index contributed by atoms with van der Waals surface area (Å²) in [4.78, 5) is 35.9. The molecule has 0 aliphatic heterocycles. The fraction of sp³-hybridized carbons (Fsp3) is 0.0476. The maximum absolute atomic E-state index is 12.5. The van der Waals surface area contributed by atoms with Gasteiger partial charge in [0.15, 0.2) is 0 Å². The van der Waals surface area contributed by atoms with Crippen LogP contribution in [-0.2, 0) is 15.8 Å². The van der Waals surface area contributed by atoms with Crippen LogP contribution in [0.2, 0.25) is 0 Å². The molecule has 2 aromatic carbocycles. The van der Waals surface area contributed by atoms with Gasteiger partial charge in [0.2, 0.25) is 0 Å². The van der Waals surface area contributed by atoms with Crippen molar-refractivity contribution >= 4 is 41.0 Å². The number of halogens is 3. The van der Waals surface area contributed by atoms with Crippen molar-refractivity contribution in [1.29, 1.82) is 0 Å². The first-order valence-electron chi connectivity index (χ1n) is 8.90. The molecule has 2 amide bonds. The van der Waals surface area contributed by atoms with Crippen molar-refractivity contribution in [3.8, 4) is 5.75 Å². The lowest BCUT2D eigenvalue weighted by Crippen LogP contribution is -2.32. The summed E-state index contributed by atoms with van der Waals surface area (Å²) in [5.74, 6) is -2.37. The highest BCUT2D eigenvalue weighted by molar-refractivity contribution is 7.12. The number of carbonyl (C=O) groups excluding carboxylic acids is 3. The van der Waals surface area contributed by atoms with Crippen molar-refractivity contribution in [3.63, 3.8) is 0 Å². The Hall–Kier alpha value is -3.99. The first kappa shape index (κ1) is 22.7. The zero-order valence-corrected chi connectivity index (χ0v) is 16.9. The Morgan fingerprint density at radius 1 is 0.938 bits per heavy atom. The average Bonchev–Trinajstić information content (AvgIpc) is 3.30. The van der Waals surface area contributed by atoms with Crippen LogP contribution in [0.5, 0.6) is 5.75 Å². The second-order valence-electron chi connectivity index (χ2n) is 6.16. The van der Waals surface area contributed by atoms with Crippen LogP contribution in [0, 0.1) is 0 Å². The largest absolute Gasteiger partial charge is 0.422 e. The molecule has 0 spiro atoms. The molecular formula is C21H14F3N3O4S. The third kappa shape index (κ3) is 6.25. The van der Waals surface area contributed by atoms with Crippen molar-refractivity contribution in [3.05, 3.63) is 82.0 Å². The van der Waals surface area contributed by atoms with Gasteiger partial charge in [-0.1, -0.05) is 6.07 Å². The van der Waals surface area contributed by atoms with Gasteiger partial charge in [0.25, 0.3) is 0 Å². The summed E-state index contributed by atoms with van der Waals surface area (Å²) in [6, 6.07) is 13.2. The van der Waals surface area contributed by atoms with E-state index in [1.807, 2.05) is 5.43 Å². The van der Waals surface area contributed by atoms with E-state index in [4.69, 9.17) is 4.74 Å². The topological polar surface area (TPSA) is 96.9 Å². The Labute approximate surface area is 183 Å². The molecule has 0 aliphatic carbocycles. The van der Waals surface area contributed by atoms with Crippen molar-refractivity contribution in [2.75, 3.05) is 5.32 Å². The molecule has 32 heavy (non-hydrogen) atoms. The SMILES string of the molecule is O=C(N/N=C/c1ccc(OC(=O)c2cccs2)cc1)C(=O)Nc1ccc(C(F)(F)F)cc1. The average molecular weight is 461 g/mol. The minimum atomic E-state index is -4.50. The zero-order chi connectivity index (χ0) is 23.1. The summed E-state index contributed by atoms with van der Waals surface area (Å²) in [6.45, 7) is 0. The Kier molecular flexibility index (Phi) is 7.00. The van der Waals surface area contributed by atoms with E-state index in [0.717, 1.165) is 24.3 Å². The number of amides is 2. The summed E-state index contributed by atoms with van der Waals surface area (Å²) in [6.07, 6.45) is -3.24. The highest BCUT2D eigenvalue weighted by Crippen LogP contribution is 2.29. The normalized spacial score (nSPS) is 11.2. The summed E-state index contributed by atoms with van der Waals surface area (Å²) in [7, 11) is 0. The van der Waals surface area contributed by atoms with Gasteiger partial charge in [-0.15, -0.1) is 11.3 Å². The molecule has 11 heteroatoms.